The van der Waals surface area contributed by atoms with Crippen LogP contribution in [0, 0.1) is 12.7 Å². The minimum atomic E-state index is -0.245. The summed E-state index contributed by atoms with van der Waals surface area (Å²) < 4.78 is 19.1. The van der Waals surface area contributed by atoms with Gasteiger partial charge in [-0.15, -0.1) is 0 Å². The summed E-state index contributed by atoms with van der Waals surface area (Å²) in [6.07, 6.45) is 0. The summed E-state index contributed by atoms with van der Waals surface area (Å²) in [7, 11) is 0. The van der Waals surface area contributed by atoms with Gasteiger partial charge in [-0.25, -0.2) is 4.39 Å². The summed E-state index contributed by atoms with van der Waals surface area (Å²) in [5.74, 6) is 0.563. The van der Waals surface area contributed by atoms with Gasteiger partial charge in [-0.05, 0) is 42.3 Å². The lowest BCUT2D eigenvalue weighted by molar-refractivity contribution is 0.302. The molecule has 0 bridgehead atoms. The highest BCUT2D eigenvalue weighted by molar-refractivity contribution is 5.51. The number of nitrogens with one attached hydrogen (secondary N) is 1. The van der Waals surface area contributed by atoms with Crippen LogP contribution >= 0.6 is 0 Å². The van der Waals surface area contributed by atoms with E-state index < -0.39 is 0 Å². The lowest BCUT2D eigenvalue weighted by Crippen LogP contribution is -2.04. The van der Waals surface area contributed by atoms with Crippen LogP contribution in [0.2, 0.25) is 0 Å². The highest BCUT2D eigenvalue weighted by Crippen LogP contribution is 2.22. The number of hydrogen-bond donors (Lipinski definition) is 1. The normalized spacial score (nSPS) is 10.4. The molecule has 2 nitrogen and oxygen atoms in total. The summed E-state index contributed by atoms with van der Waals surface area (Å²) in [4.78, 5) is 0. The maximum absolute atomic E-state index is 13.3. The molecule has 0 heterocycles. The minimum absolute atomic E-state index is 0.245. The van der Waals surface area contributed by atoms with E-state index in [1.54, 1.807) is 6.07 Å². The van der Waals surface area contributed by atoms with Crippen LogP contribution in [0.1, 0.15) is 16.7 Å². The highest BCUT2D eigenvalue weighted by Gasteiger charge is 2.05. The first kappa shape index (κ1) is 16.1. The predicted molar refractivity (Wildman–Crippen MR) is 95.7 cm³/mol. The van der Waals surface area contributed by atoms with E-state index in [1.807, 2.05) is 42.5 Å². The van der Waals surface area contributed by atoms with E-state index in [-0.39, 0.29) is 5.82 Å². The second-order valence-corrected chi connectivity index (χ2v) is 5.69. The van der Waals surface area contributed by atoms with Crippen LogP contribution in [0.25, 0.3) is 0 Å². The molecule has 3 aromatic rings. The van der Waals surface area contributed by atoms with E-state index in [0.29, 0.717) is 13.2 Å². The molecule has 3 aromatic carbocycles. The van der Waals surface area contributed by atoms with Gasteiger partial charge < -0.3 is 10.1 Å². The van der Waals surface area contributed by atoms with E-state index in [2.05, 4.69) is 24.4 Å². The van der Waals surface area contributed by atoms with Crippen LogP contribution in [0.4, 0.5) is 10.1 Å². The summed E-state index contributed by atoms with van der Waals surface area (Å²) in [5, 5.41) is 3.44. The summed E-state index contributed by atoms with van der Waals surface area (Å²) in [5.41, 5.74) is 4.20. The van der Waals surface area contributed by atoms with Crippen molar-refractivity contribution in [2.75, 3.05) is 5.32 Å². The van der Waals surface area contributed by atoms with Crippen molar-refractivity contribution in [2.24, 2.45) is 0 Å². The Bertz CT molecular complexity index is 816. The summed E-state index contributed by atoms with van der Waals surface area (Å²) >= 11 is 0. The Morgan fingerprint density at radius 3 is 2.54 bits per heavy atom. The van der Waals surface area contributed by atoms with Crippen molar-refractivity contribution in [3.63, 3.8) is 0 Å². The van der Waals surface area contributed by atoms with Crippen molar-refractivity contribution < 1.29 is 9.13 Å². The van der Waals surface area contributed by atoms with E-state index in [0.717, 1.165) is 22.6 Å². The molecule has 0 saturated heterocycles. The molecule has 1 N–H and O–H groups in total. The Morgan fingerprint density at radius 1 is 0.917 bits per heavy atom. The molecule has 24 heavy (non-hydrogen) atoms. The molecule has 3 rings (SSSR count). The number of ether oxygens (including phenoxy) is 1. The molecule has 0 atom stereocenters. The monoisotopic (exact) mass is 321 g/mol. The summed E-state index contributed by atoms with van der Waals surface area (Å²) in [6, 6.07) is 22.6. The third kappa shape index (κ3) is 4.13. The molecule has 0 fully saturated rings. The minimum Gasteiger partial charge on any atom is -0.489 e. The molecule has 0 saturated carbocycles. The van der Waals surface area contributed by atoms with Gasteiger partial charge in [0, 0.05) is 17.8 Å². The van der Waals surface area contributed by atoms with E-state index in [9.17, 15) is 4.39 Å². The molecule has 0 unspecified atom stereocenters. The van der Waals surface area contributed by atoms with Crippen molar-refractivity contribution in [1.29, 1.82) is 0 Å². The molecule has 0 aromatic heterocycles. The molecule has 0 amide bonds. The largest absolute Gasteiger partial charge is 0.489 e. The smallest absolute Gasteiger partial charge is 0.124 e. The van der Waals surface area contributed by atoms with Gasteiger partial charge in [0.15, 0.2) is 0 Å². The lowest BCUT2D eigenvalue weighted by atomic mass is 10.1. The van der Waals surface area contributed by atoms with E-state index in [4.69, 9.17) is 4.74 Å². The lowest BCUT2D eigenvalue weighted by Gasteiger charge is -2.14. The number of anilines is 1. The Kier molecular flexibility index (Phi) is 5.12. The highest BCUT2D eigenvalue weighted by atomic mass is 19.1. The number of hydrogen-bond acceptors (Lipinski definition) is 2. The number of rotatable bonds is 6. The van der Waals surface area contributed by atoms with Crippen LogP contribution in [0.3, 0.4) is 0 Å². The molecule has 0 aliphatic rings. The standard InChI is InChI=1S/C21H20FNO/c1-16-7-2-4-11-20(16)23-14-18-9-3-5-12-21(18)24-15-17-8-6-10-19(22)13-17/h2-13,23H,14-15H2,1H3. The Morgan fingerprint density at radius 2 is 1.71 bits per heavy atom. The van der Waals surface area contributed by atoms with Gasteiger partial charge >= 0.3 is 0 Å². The number of para-hydroxylation sites is 2. The van der Waals surface area contributed by atoms with Gasteiger partial charge in [-0.2, -0.15) is 0 Å². The fourth-order valence-electron chi connectivity index (χ4n) is 2.54. The first-order valence-corrected chi connectivity index (χ1v) is 7.97. The Hall–Kier alpha value is -2.81. The predicted octanol–water partition coefficient (Wildman–Crippen LogP) is 5.33. The van der Waals surface area contributed by atoms with Gasteiger partial charge in [0.05, 0.1) is 0 Å². The van der Waals surface area contributed by atoms with Gasteiger partial charge in [0.1, 0.15) is 18.2 Å². The molecule has 3 heteroatoms. The second-order valence-electron chi connectivity index (χ2n) is 5.69. The third-order valence-corrected chi connectivity index (χ3v) is 3.87. The Labute approximate surface area is 141 Å². The van der Waals surface area contributed by atoms with Crippen molar-refractivity contribution in [3.05, 3.63) is 95.3 Å². The molecule has 0 radical (unpaired) electrons. The van der Waals surface area contributed by atoms with Crippen LogP contribution < -0.4 is 10.1 Å². The van der Waals surface area contributed by atoms with Crippen molar-refractivity contribution in [1.82, 2.24) is 0 Å². The maximum Gasteiger partial charge on any atom is 0.124 e. The molecule has 0 spiro atoms. The molecule has 0 aliphatic heterocycles. The molecular weight excluding hydrogens is 301 g/mol. The maximum atomic E-state index is 13.3. The summed E-state index contributed by atoms with van der Waals surface area (Å²) in [6.45, 7) is 3.10. The molecule has 122 valence electrons. The average molecular weight is 321 g/mol. The van der Waals surface area contributed by atoms with Gasteiger partial charge in [0.25, 0.3) is 0 Å². The molecule has 0 aliphatic carbocycles. The Balaban J connectivity index is 1.68. The zero-order valence-corrected chi connectivity index (χ0v) is 13.6. The number of aryl methyl sites for hydroxylation is 1. The zero-order chi connectivity index (χ0) is 16.8. The van der Waals surface area contributed by atoms with E-state index in [1.165, 1.54) is 17.7 Å². The van der Waals surface area contributed by atoms with Crippen LogP contribution in [0.15, 0.2) is 72.8 Å². The second kappa shape index (κ2) is 7.64. The zero-order valence-electron chi connectivity index (χ0n) is 13.6. The number of benzene rings is 3. The van der Waals surface area contributed by atoms with Crippen LogP contribution in [-0.2, 0) is 13.2 Å². The first-order chi connectivity index (χ1) is 11.7. The molecular formula is C21H20FNO. The third-order valence-electron chi connectivity index (χ3n) is 3.87. The van der Waals surface area contributed by atoms with Crippen molar-refractivity contribution in [2.45, 2.75) is 20.1 Å². The fourth-order valence-corrected chi connectivity index (χ4v) is 2.54. The average Bonchev–Trinajstić information content (AvgIpc) is 2.60. The van der Waals surface area contributed by atoms with Crippen LogP contribution in [0.5, 0.6) is 5.75 Å². The topological polar surface area (TPSA) is 21.3 Å². The van der Waals surface area contributed by atoms with Gasteiger partial charge in [0.2, 0.25) is 0 Å². The first-order valence-electron chi connectivity index (χ1n) is 7.97. The van der Waals surface area contributed by atoms with Crippen LogP contribution in [-0.4, -0.2) is 0 Å². The quantitative estimate of drug-likeness (QED) is 0.663. The number of halogens is 1. The van der Waals surface area contributed by atoms with Gasteiger partial charge in [-0.1, -0.05) is 48.5 Å². The van der Waals surface area contributed by atoms with E-state index >= 15 is 0 Å². The van der Waals surface area contributed by atoms with Crippen molar-refractivity contribution >= 4 is 5.69 Å². The SMILES string of the molecule is Cc1ccccc1NCc1ccccc1OCc1cccc(F)c1. The fraction of sp³-hybridized carbons (Fsp3) is 0.143. The van der Waals surface area contributed by atoms with Crippen molar-refractivity contribution in [3.8, 4) is 5.75 Å². The van der Waals surface area contributed by atoms with Gasteiger partial charge in [-0.3, -0.25) is 0 Å².